The third-order valence-electron chi connectivity index (χ3n) is 4.27. The molecule has 0 fully saturated rings. The Morgan fingerprint density at radius 2 is 1.12 bits per heavy atom. The number of anilines is 4. The van der Waals surface area contributed by atoms with Crippen LogP contribution in [0.4, 0.5) is 22.9 Å². The zero-order valence-electron chi connectivity index (χ0n) is 14.6. The molecular formula is C21H23N3. The van der Waals surface area contributed by atoms with Crippen molar-refractivity contribution in [2.24, 2.45) is 0 Å². The fraction of sp³-hybridized carbons (Fsp3) is 0.190. The van der Waals surface area contributed by atoms with Gasteiger partial charge in [0.15, 0.2) is 5.82 Å². The molecule has 0 unspecified atom stereocenters. The van der Waals surface area contributed by atoms with E-state index in [1.54, 1.807) is 0 Å². The van der Waals surface area contributed by atoms with Crippen molar-refractivity contribution in [1.82, 2.24) is 4.98 Å². The molecule has 0 saturated heterocycles. The number of pyridine rings is 1. The second kappa shape index (κ2) is 6.75. The number of nitrogens with one attached hydrogen (secondary N) is 2. The van der Waals surface area contributed by atoms with Gasteiger partial charge in [-0.2, -0.15) is 0 Å². The topological polar surface area (TPSA) is 37.0 Å². The molecule has 3 rings (SSSR count). The lowest BCUT2D eigenvalue weighted by Gasteiger charge is -2.18. The Hall–Kier alpha value is -2.81. The van der Waals surface area contributed by atoms with Crippen LogP contribution in [-0.4, -0.2) is 4.98 Å². The molecule has 24 heavy (non-hydrogen) atoms. The summed E-state index contributed by atoms with van der Waals surface area (Å²) in [7, 11) is 0. The molecule has 0 aliphatic heterocycles. The fourth-order valence-corrected chi connectivity index (χ4v) is 2.88. The number of rotatable bonds is 4. The molecule has 3 nitrogen and oxygen atoms in total. The standard InChI is InChI=1S/C21H23N3/c1-14-8-5-9-15(2)19(14)23-18-12-7-13-22-21(18)24-20-16(3)10-6-11-17(20)4/h5-13,23H,1-4H3,(H,22,24). The Balaban J connectivity index is 1.97. The van der Waals surface area contributed by atoms with Crippen LogP contribution in [0.25, 0.3) is 0 Å². The highest BCUT2D eigenvalue weighted by Gasteiger charge is 2.10. The Kier molecular flexibility index (Phi) is 4.52. The maximum atomic E-state index is 4.54. The molecule has 0 saturated carbocycles. The minimum absolute atomic E-state index is 0.831. The number of hydrogen-bond donors (Lipinski definition) is 2. The zero-order valence-corrected chi connectivity index (χ0v) is 14.6. The normalized spacial score (nSPS) is 10.5. The van der Waals surface area contributed by atoms with Gasteiger partial charge < -0.3 is 10.6 Å². The van der Waals surface area contributed by atoms with Crippen molar-refractivity contribution < 1.29 is 0 Å². The van der Waals surface area contributed by atoms with Crippen LogP contribution in [0.2, 0.25) is 0 Å². The molecule has 2 aromatic carbocycles. The van der Waals surface area contributed by atoms with Gasteiger partial charge in [-0.25, -0.2) is 4.98 Å². The van der Waals surface area contributed by atoms with Crippen LogP contribution in [0.1, 0.15) is 22.3 Å². The molecule has 1 heterocycles. The molecule has 3 heteroatoms. The third-order valence-corrected chi connectivity index (χ3v) is 4.27. The number of hydrogen-bond acceptors (Lipinski definition) is 3. The molecule has 0 amide bonds. The van der Waals surface area contributed by atoms with Crippen LogP contribution in [0.15, 0.2) is 54.7 Å². The van der Waals surface area contributed by atoms with Gasteiger partial charge in [-0.1, -0.05) is 36.4 Å². The molecule has 122 valence electrons. The predicted molar refractivity (Wildman–Crippen MR) is 103 cm³/mol. The van der Waals surface area contributed by atoms with Crippen LogP contribution in [0.3, 0.4) is 0 Å². The van der Waals surface area contributed by atoms with Crippen molar-refractivity contribution in [1.29, 1.82) is 0 Å². The number of aryl methyl sites for hydroxylation is 4. The van der Waals surface area contributed by atoms with E-state index in [0.29, 0.717) is 0 Å². The van der Waals surface area contributed by atoms with Gasteiger partial charge in [-0.3, -0.25) is 0 Å². The second-order valence-electron chi connectivity index (χ2n) is 6.18. The average molecular weight is 317 g/mol. The quantitative estimate of drug-likeness (QED) is 0.638. The molecule has 0 spiro atoms. The minimum atomic E-state index is 0.831. The van der Waals surface area contributed by atoms with Gasteiger partial charge in [0.25, 0.3) is 0 Å². The molecule has 0 aliphatic rings. The first-order valence-electron chi connectivity index (χ1n) is 8.18. The number of para-hydroxylation sites is 2. The molecule has 3 aromatic rings. The number of nitrogens with zero attached hydrogens (tertiary/aromatic N) is 1. The van der Waals surface area contributed by atoms with E-state index in [2.05, 4.69) is 85.8 Å². The lowest BCUT2D eigenvalue weighted by Crippen LogP contribution is -2.03. The van der Waals surface area contributed by atoms with Crippen molar-refractivity contribution in [3.63, 3.8) is 0 Å². The second-order valence-corrected chi connectivity index (χ2v) is 6.18. The van der Waals surface area contributed by atoms with E-state index in [-0.39, 0.29) is 0 Å². The van der Waals surface area contributed by atoms with Gasteiger partial charge in [0, 0.05) is 17.6 Å². The maximum Gasteiger partial charge on any atom is 0.154 e. The van der Waals surface area contributed by atoms with E-state index in [1.165, 1.54) is 22.3 Å². The first-order chi connectivity index (χ1) is 11.6. The van der Waals surface area contributed by atoms with Gasteiger partial charge in [-0.15, -0.1) is 0 Å². The lowest BCUT2D eigenvalue weighted by molar-refractivity contribution is 1.27. The predicted octanol–water partition coefficient (Wildman–Crippen LogP) is 5.80. The summed E-state index contributed by atoms with van der Waals surface area (Å²) < 4.78 is 0. The van der Waals surface area contributed by atoms with Gasteiger partial charge >= 0.3 is 0 Å². The van der Waals surface area contributed by atoms with Crippen molar-refractivity contribution in [2.75, 3.05) is 10.6 Å². The molecule has 2 N–H and O–H groups in total. The zero-order chi connectivity index (χ0) is 17.1. The summed E-state index contributed by atoms with van der Waals surface area (Å²) in [5.74, 6) is 0.831. The van der Waals surface area contributed by atoms with Gasteiger partial charge in [0.2, 0.25) is 0 Å². The summed E-state index contributed by atoms with van der Waals surface area (Å²) in [6, 6.07) is 16.6. The Morgan fingerprint density at radius 3 is 1.67 bits per heavy atom. The molecule has 0 radical (unpaired) electrons. The summed E-state index contributed by atoms with van der Waals surface area (Å²) in [5, 5.41) is 7.04. The van der Waals surface area contributed by atoms with E-state index in [9.17, 15) is 0 Å². The van der Waals surface area contributed by atoms with Gasteiger partial charge in [0.1, 0.15) is 0 Å². The first kappa shape index (κ1) is 16.1. The highest BCUT2D eigenvalue weighted by molar-refractivity contribution is 5.78. The van der Waals surface area contributed by atoms with Crippen molar-refractivity contribution in [3.05, 3.63) is 77.0 Å². The molecule has 0 atom stereocenters. The van der Waals surface area contributed by atoms with E-state index in [0.717, 1.165) is 22.9 Å². The van der Waals surface area contributed by atoms with Crippen LogP contribution in [0.5, 0.6) is 0 Å². The van der Waals surface area contributed by atoms with E-state index < -0.39 is 0 Å². The van der Waals surface area contributed by atoms with E-state index in [4.69, 9.17) is 0 Å². The largest absolute Gasteiger partial charge is 0.352 e. The van der Waals surface area contributed by atoms with E-state index >= 15 is 0 Å². The van der Waals surface area contributed by atoms with Crippen molar-refractivity contribution in [3.8, 4) is 0 Å². The molecule has 0 aliphatic carbocycles. The smallest absolute Gasteiger partial charge is 0.154 e. The maximum absolute atomic E-state index is 4.54. The average Bonchev–Trinajstić information content (AvgIpc) is 2.56. The molecule has 0 bridgehead atoms. The summed E-state index contributed by atoms with van der Waals surface area (Å²) in [6.45, 7) is 8.45. The SMILES string of the molecule is Cc1cccc(C)c1Nc1cccnc1Nc1c(C)cccc1C. The van der Waals surface area contributed by atoms with Crippen LogP contribution in [0, 0.1) is 27.7 Å². The Labute approximate surface area is 143 Å². The van der Waals surface area contributed by atoms with Crippen LogP contribution >= 0.6 is 0 Å². The highest BCUT2D eigenvalue weighted by atomic mass is 15.0. The lowest BCUT2D eigenvalue weighted by atomic mass is 10.1. The van der Waals surface area contributed by atoms with Crippen LogP contribution < -0.4 is 10.6 Å². The third kappa shape index (κ3) is 3.25. The summed E-state index contributed by atoms with van der Waals surface area (Å²) in [5.41, 5.74) is 8.07. The Bertz CT molecular complexity index is 756. The molecular weight excluding hydrogens is 294 g/mol. The number of benzene rings is 2. The Morgan fingerprint density at radius 1 is 0.625 bits per heavy atom. The van der Waals surface area contributed by atoms with E-state index in [1.807, 2.05) is 12.3 Å². The van der Waals surface area contributed by atoms with Gasteiger partial charge in [-0.05, 0) is 62.1 Å². The summed E-state index contributed by atoms with van der Waals surface area (Å²) in [6.07, 6.45) is 1.81. The first-order valence-corrected chi connectivity index (χ1v) is 8.18. The molecule has 1 aromatic heterocycles. The monoisotopic (exact) mass is 317 g/mol. The number of aromatic nitrogens is 1. The highest BCUT2D eigenvalue weighted by Crippen LogP contribution is 2.31. The van der Waals surface area contributed by atoms with Crippen molar-refractivity contribution in [2.45, 2.75) is 27.7 Å². The minimum Gasteiger partial charge on any atom is -0.352 e. The summed E-state index contributed by atoms with van der Waals surface area (Å²) in [4.78, 5) is 4.54. The fourth-order valence-electron chi connectivity index (χ4n) is 2.88. The van der Waals surface area contributed by atoms with Crippen LogP contribution in [-0.2, 0) is 0 Å². The van der Waals surface area contributed by atoms with Gasteiger partial charge in [0.05, 0.1) is 5.69 Å². The summed E-state index contributed by atoms with van der Waals surface area (Å²) >= 11 is 0. The van der Waals surface area contributed by atoms with Crippen molar-refractivity contribution >= 4 is 22.9 Å².